The Hall–Kier alpha value is -3.61. The van der Waals surface area contributed by atoms with Gasteiger partial charge in [-0.05, 0) is 30.4 Å². The smallest absolute Gasteiger partial charge is 0.408 e. The summed E-state index contributed by atoms with van der Waals surface area (Å²) in [4.78, 5) is 37.0. The molecule has 0 saturated carbocycles. The second-order valence-electron chi connectivity index (χ2n) is 7.13. The van der Waals surface area contributed by atoms with E-state index >= 15 is 0 Å². The Balaban J connectivity index is 2.03. The molecule has 0 radical (unpaired) electrons. The molecule has 2 rings (SSSR count). The molecule has 2 aromatic carbocycles. The highest BCUT2D eigenvalue weighted by atomic mass is 16.5. The van der Waals surface area contributed by atoms with Crippen molar-refractivity contribution in [2.24, 2.45) is 5.73 Å². The Morgan fingerprint density at radius 2 is 1.55 bits per heavy atom. The van der Waals surface area contributed by atoms with E-state index in [2.05, 4.69) is 17.2 Å². The number of amides is 3. The zero-order chi connectivity index (χ0) is 22.5. The van der Waals surface area contributed by atoms with Crippen molar-refractivity contribution in [2.75, 3.05) is 0 Å². The van der Waals surface area contributed by atoms with Gasteiger partial charge in [-0.1, -0.05) is 66.7 Å². The van der Waals surface area contributed by atoms with Crippen molar-refractivity contribution < 1.29 is 19.1 Å². The fraction of sp³-hybridized carbons (Fsp3) is 0.292. The second-order valence-corrected chi connectivity index (χ2v) is 7.13. The van der Waals surface area contributed by atoms with Crippen LogP contribution in [0.5, 0.6) is 0 Å². The van der Waals surface area contributed by atoms with Crippen molar-refractivity contribution in [3.8, 4) is 0 Å². The van der Waals surface area contributed by atoms with Crippen molar-refractivity contribution >= 4 is 17.9 Å². The van der Waals surface area contributed by atoms with Gasteiger partial charge in [-0.3, -0.25) is 9.59 Å². The van der Waals surface area contributed by atoms with Gasteiger partial charge in [0.05, 0.1) is 0 Å². The van der Waals surface area contributed by atoms with Crippen LogP contribution in [-0.2, 0) is 27.4 Å². The SMILES string of the molecule is C=CCCC[C@@H](NC(=O)[C@@H](Cc1ccccc1)NC(=O)OCc1ccccc1)C(N)=O. The average Bonchev–Trinajstić information content (AvgIpc) is 2.78. The molecule has 3 amide bonds. The summed E-state index contributed by atoms with van der Waals surface area (Å²) in [5.41, 5.74) is 7.13. The number of benzene rings is 2. The van der Waals surface area contributed by atoms with Crippen LogP contribution in [0, 0.1) is 0 Å². The Kier molecular flexibility index (Phi) is 9.81. The Labute approximate surface area is 182 Å². The van der Waals surface area contributed by atoms with Crippen molar-refractivity contribution in [1.29, 1.82) is 0 Å². The molecule has 2 atom stereocenters. The monoisotopic (exact) mass is 423 g/mol. The van der Waals surface area contributed by atoms with Gasteiger partial charge in [-0.25, -0.2) is 4.79 Å². The predicted octanol–water partition coefficient (Wildman–Crippen LogP) is 2.85. The topological polar surface area (TPSA) is 111 Å². The number of unbranched alkanes of at least 4 members (excludes halogenated alkanes) is 1. The molecule has 0 aromatic heterocycles. The highest BCUT2D eigenvalue weighted by Crippen LogP contribution is 2.07. The first-order valence-electron chi connectivity index (χ1n) is 10.2. The molecule has 2 aromatic rings. The van der Waals surface area contributed by atoms with Crippen LogP contribution < -0.4 is 16.4 Å². The number of carbonyl (C=O) groups is 3. The molecular formula is C24H29N3O4. The van der Waals surface area contributed by atoms with E-state index in [1.54, 1.807) is 6.08 Å². The minimum absolute atomic E-state index is 0.0812. The number of primary amides is 1. The number of carbonyl (C=O) groups excluding carboxylic acids is 3. The third-order valence-electron chi connectivity index (χ3n) is 4.66. The summed E-state index contributed by atoms with van der Waals surface area (Å²) < 4.78 is 5.25. The number of rotatable bonds is 12. The molecule has 0 unspecified atom stereocenters. The molecule has 0 fully saturated rings. The minimum Gasteiger partial charge on any atom is -0.445 e. The van der Waals surface area contributed by atoms with E-state index < -0.39 is 30.0 Å². The molecule has 0 spiro atoms. The molecule has 0 bridgehead atoms. The lowest BCUT2D eigenvalue weighted by molar-refractivity contribution is -0.128. The van der Waals surface area contributed by atoms with Gasteiger partial charge in [-0.2, -0.15) is 0 Å². The van der Waals surface area contributed by atoms with Crippen molar-refractivity contribution in [2.45, 2.75) is 44.4 Å². The normalized spacial score (nSPS) is 12.3. The highest BCUT2D eigenvalue weighted by Gasteiger charge is 2.26. The molecule has 0 saturated heterocycles. The molecule has 0 aliphatic carbocycles. The Morgan fingerprint density at radius 3 is 2.13 bits per heavy atom. The van der Waals surface area contributed by atoms with Crippen LogP contribution in [-0.4, -0.2) is 30.0 Å². The fourth-order valence-electron chi connectivity index (χ4n) is 2.99. The van der Waals surface area contributed by atoms with Gasteiger partial charge in [-0.15, -0.1) is 6.58 Å². The molecule has 4 N–H and O–H groups in total. The molecule has 0 aliphatic heterocycles. The lowest BCUT2D eigenvalue weighted by Gasteiger charge is -2.22. The summed E-state index contributed by atoms with van der Waals surface area (Å²) in [7, 11) is 0. The Morgan fingerprint density at radius 1 is 0.935 bits per heavy atom. The predicted molar refractivity (Wildman–Crippen MR) is 119 cm³/mol. The van der Waals surface area contributed by atoms with Gasteiger partial charge in [0.25, 0.3) is 0 Å². The summed E-state index contributed by atoms with van der Waals surface area (Å²) >= 11 is 0. The van der Waals surface area contributed by atoms with E-state index in [9.17, 15) is 14.4 Å². The summed E-state index contributed by atoms with van der Waals surface area (Å²) in [6.45, 7) is 3.73. The average molecular weight is 424 g/mol. The number of hydrogen-bond acceptors (Lipinski definition) is 4. The first kappa shape index (κ1) is 23.7. The first-order chi connectivity index (χ1) is 15.0. The fourth-order valence-corrected chi connectivity index (χ4v) is 2.99. The molecule has 0 aliphatic rings. The van der Waals surface area contributed by atoms with E-state index in [0.717, 1.165) is 11.1 Å². The van der Waals surface area contributed by atoms with Gasteiger partial charge < -0.3 is 21.1 Å². The maximum atomic E-state index is 12.9. The number of hydrogen-bond donors (Lipinski definition) is 3. The van der Waals surface area contributed by atoms with Crippen molar-refractivity contribution in [3.63, 3.8) is 0 Å². The van der Waals surface area contributed by atoms with Crippen LogP contribution >= 0.6 is 0 Å². The van der Waals surface area contributed by atoms with Crippen LogP contribution in [0.3, 0.4) is 0 Å². The summed E-state index contributed by atoms with van der Waals surface area (Å²) in [5, 5.41) is 5.26. The minimum atomic E-state index is -0.924. The van der Waals surface area contributed by atoms with Crippen LogP contribution in [0.2, 0.25) is 0 Å². The van der Waals surface area contributed by atoms with E-state index in [1.165, 1.54) is 0 Å². The summed E-state index contributed by atoms with van der Waals surface area (Å²) in [6, 6.07) is 16.7. The van der Waals surface area contributed by atoms with Crippen LogP contribution in [0.4, 0.5) is 4.79 Å². The summed E-state index contributed by atoms with van der Waals surface area (Å²) in [6.07, 6.45) is 3.02. The third-order valence-corrected chi connectivity index (χ3v) is 4.66. The van der Waals surface area contributed by atoms with Gasteiger partial charge in [0.2, 0.25) is 11.8 Å². The number of nitrogens with two attached hydrogens (primary N) is 1. The van der Waals surface area contributed by atoms with Gasteiger partial charge >= 0.3 is 6.09 Å². The van der Waals surface area contributed by atoms with Crippen molar-refractivity contribution in [3.05, 3.63) is 84.4 Å². The lowest BCUT2D eigenvalue weighted by atomic mass is 10.0. The van der Waals surface area contributed by atoms with Crippen LogP contribution in [0.1, 0.15) is 30.4 Å². The Bertz CT molecular complexity index is 856. The molecular weight excluding hydrogens is 394 g/mol. The quantitative estimate of drug-likeness (QED) is 0.360. The number of allylic oxidation sites excluding steroid dienone is 1. The zero-order valence-electron chi connectivity index (χ0n) is 17.5. The van der Waals surface area contributed by atoms with Gasteiger partial charge in [0, 0.05) is 6.42 Å². The zero-order valence-corrected chi connectivity index (χ0v) is 17.5. The molecule has 31 heavy (non-hydrogen) atoms. The van der Waals surface area contributed by atoms with E-state index in [-0.39, 0.29) is 13.0 Å². The standard InChI is InChI=1S/C24H29N3O4/c1-2-3-6-15-20(22(25)28)26-23(29)21(16-18-11-7-4-8-12-18)27-24(30)31-17-19-13-9-5-10-14-19/h2,4-5,7-14,20-21H,1,3,6,15-17H2,(H2,25,28)(H,26,29)(H,27,30)/t20-,21-/m1/s1. The van der Waals surface area contributed by atoms with Gasteiger partial charge in [0.1, 0.15) is 18.7 Å². The summed E-state index contributed by atoms with van der Waals surface area (Å²) in [5.74, 6) is -1.12. The molecule has 7 heteroatoms. The number of ether oxygens (including phenoxy) is 1. The van der Waals surface area contributed by atoms with Crippen molar-refractivity contribution in [1.82, 2.24) is 10.6 Å². The molecule has 164 valence electrons. The number of nitrogens with one attached hydrogen (secondary N) is 2. The second kappa shape index (κ2) is 12.8. The highest BCUT2D eigenvalue weighted by molar-refractivity contribution is 5.90. The van der Waals surface area contributed by atoms with E-state index in [1.807, 2.05) is 60.7 Å². The third kappa shape index (κ3) is 8.74. The van der Waals surface area contributed by atoms with Crippen LogP contribution in [0.15, 0.2) is 73.3 Å². The van der Waals surface area contributed by atoms with Crippen LogP contribution in [0.25, 0.3) is 0 Å². The van der Waals surface area contributed by atoms with E-state index in [4.69, 9.17) is 10.5 Å². The first-order valence-corrected chi connectivity index (χ1v) is 10.2. The number of alkyl carbamates (subject to hydrolysis) is 1. The molecule has 0 heterocycles. The maximum absolute atomic E-state index is 12.9. The van der Waals surface area contributed by atoms with E-state index in [0.29, 0.717) is 19.3 Å². The molecule has 7 nitrogen and oxygen atoms in total. The lowest BCUT2D eigenvalue weighted by Crippen LogP contribution is -2.53. The van der Waals surface area contributed by atoms with Gasteiger partial charge in [0.15, 0.2) is 0 Å². The maximum Gasteiger partial charge on any atom is 0.408 e. The largest absolute Gasteiger partial charge is 0.445 e.